The average Bonchev–Trinajstić information content (AvgIpc) is 2.88. The zero-order valence-electron chi connectivity index (χ0n) is 9.90. The standard InChI is InChI=1S/C12H14N4O/c1-9-12(10(2)17-15-9)8-16-7-11(6-14-16)4-3-5-13/h6-7H,5,8,13H2,1-2H3. The van der Waals surface area contributed by atoms with Crippen LogP contribution in [0.1, 0.15) is 22.6 Å². The van der Waals surface area contributed by atoms with Gasteiger partial charge in [0.2, 0.25) is 0 Å². The van der Waals surface area contributed by atoms with E-state index >= 15 is 0 Å². The summed E-state index contributed by atoms with van der Waals surface area (Å²) in [7, 11) is 0. The van der Waals surface area contributed by atoms with Gasteiger partial charge in [0.15, 0.2) is 0 Å². The van der Waals surface area contributed by atoms with E-state index in [2.05, 4.69) is 22.1 Å². The van der Waals surface area contributed by atoms with Crippen LogP contribution in [0, 0.1) is 25.7 Å². The molecule has 0 saturated heterocycles. The van der Waals surface area contributed by atoms with Crippen LogP contribution in [0.15, 0.2) is 16.9 Å². The highest BCUT2D eigenvalue weighted by atomic mass is 16.5. The minimum absolute atomic E-state index is 0.356. The average molecular weight is 230 g/mol. The lowest BCUT2D eigenvalue weighted by Crippen LogP contribution is -2.01. The lowest BCUT2D eigenvalue weighted by molar-refractivity contribution is 0.391. The zero-order chi connectivity index (χ0) is 12.3. The number of aromatic nitrogens is 3. The van der Waals surface area contributed by atoms with Crippen molar-refractivity contribution in [2.45, 2.75) is 20.4 Å². The van der Waals surface area contributed by atoms with Gasteiger partial charge in [-0.2, -0.15) is 5.10 Å². The van der Waals surface area contributed by atoms with Gasteiger partial charge in [0.25, 0.3) is 0 Å². The smallest absolute Gasteiger partial charge is 0.138 e. The van der Waals surface area contributed by atoms with Gasteiger partial charge in [-0.3, -0.25) is 4.68 Å². The SMILES string of the molecule is Cc1noc(C)c1Cn1cc(C#CCN)cn1. The molecule has 0 aromatic carbocycles. The largest absolute Gasteiger partial charge is 0.361 e. The van der Waals surface area contributed by atoms with Crippen LogP contribution in [-0.4, -0.2) is 21.5 Å². The predicted molar refractivity (Wildman–Crippen MR) is 63.2 cm³/mol. The second-order valence-corrected chi connectivity index (χ2v) is 3.74. The second kappa shape index (κ2) is 4.85. The van der Waals surface area contributed by atoms with E-state index in [9.17, 15) is 0 Å². The molecule has 0 unspecified atom stereocenters. The van der Waals surface area contributed by atoms with Crippen molar-refractivity contribution >= 4 is 0 Å². The molecule has 2 rings (SSSR count). The summed E-state index contributed by atoms with van der Waals surface area (Å²) in [5, 5.41) is 8.14. The Labute approximate surface area is 99.6 Å². The van der Waals surface area contributed by atoms with Gasteiger partial charge in [0, 0.05) is 11.8 Å². The van der Waals surface area contributed by atoms with Crippen molar-refractivity contribution in [2.75, 3.05) is 6.54 Å². The zero-order valence-corrected chi connectivity index (χ0v) is 9.90. The summed E-state index contributed by atoms with van der Waals surface area (Å²) in [5.41, 5.74) is 8.13. The van der Waals surface area contributed by atoms with Crippen LogP contribution in [-0.2, 0) is 6.54 Å². The van der Waals surface area contributed by atoms with Crippen LogP contribution in [0.2, 0.25) is 0 Å². The van der Waals surface area contributed by atoms with E-state index in [0.29, 0.717) is 13.1 Å². The molecule has 88 valence electrons. The van der Waals surface area contributed by atoms with Crippen molar-refractivity contribution in [1.29, 1.82) is 0 Å². The summed E-state index contributed by atoms with van der Waals surface area (Å²) >= 11 is 0. The fourth-order valence-corrected chi connectivity index (χ4v) is 1.56. The maximum atomic E-state index is 5.31. The molecule has 2 heterocycles. The molecule has 0 aliphatic carbocycles. The first-order valence-corrected chi connectivity index (χ1v) is 5.34. The van der Waals surface area contributed by atoms with E-state index in [4.69, 9.17) is 10.3 Å². The van der Waals surface area contributed by atoms with E-state index in [1.165, 1.54) is 0 Å². The van der Waals surface area contributed by atoms with E-state index in [-0.39, 0.29) is 0 Å². The Hall–Kier alpha value is -2.06. The van der Waals surface area contributed by atoms with Crippen molar-refractivity contribution in [2.24, 2.45) is 5.73 Å². The molecular weight excluding hydrogens is 216 g/mol. The fraction of sp³-hybridized carbons (Fsp3) is 0.333. The first-order chi connectivity index (χ1) is 8.20. The lowest BCUT2D eigenvalue weighted by atomic mass is 10.2. The van der Waals surface area contributed by atoms with Gasteiger partial charge in [-0.1, -0.05) is 17.0 Å². The van der Waals surface area contributed by atoms with Gasteiger partial charge in [-0.25, -0.2) is 0 Å². The maximum absolute atomic E-state index is 5.31. The highest BCUT2D eigenvalue weighted by Crippen LogP contribution is 2.13. The summed E-state index contributed by atoms with van der Waals surface area (Å²) in [6, 6.07) is 0. The third-order valence-electron chi connectivity index (χ3n) is 2.47. The van der Waals surface area contributed by atoms with Crippen LogP contribution in [0.4, 0.5) is 0 Å². The quantitative estimate of drug-likeness (QED) is 0.776. The molecule has 2 aromatic heterocycles. The van der Waals surface area contributed by atoms with E-state index in [0.717, 1.165) is 22.6 Å². The van der Waals surface area contributed by atoms with Gasteiger partial charge < -0.3 is 10.3 Å². The summed E-state index contributed by atoms with van der Waals surface area (Å²) < 4.78 is 6.92. The molecule has 0 amide bonds. The van der Waals surface area contributed by atoms with E-state index in [1.807, 2.05) is 24.7 Å². The van der Waals surface area contributed by atoms with E-state index < -0.39 is 0 Å². The number of rotatable bonds is 2. The number of hydrogen-bond acceptors (Lipinski definition) is 4. The molecule has 0 aliphatic heterocycles. The molecule has 2 N–H and O–H groups in total. The van der Waals surface area contributed by atoms with Crippen LogP contribution in [0.5, 0.6) is 0 Å². The highest BCUT2D eigenvalue weighted by Gasteiger charge is 2.09. The third-order valence-corrected chi connectivity index (χ3v) is 2.47. The summed E-state index contributed by atoms with van der Waals surface area (Å²) in [5.74, 6) is 6.56. The van der Waals surface area contributed by atoms with Crippen molar-refractivity contribution in [3.05, 3.63) is 35.0 Å². The topological polar surface area (TPSA) is 69.9 Å². The lowest BCUT2D eigenvalue weighted by Gasteiger charge is -1.99. The van der Waals surface area contributed by atoms with Crippen molar-refractivity contribution in [1.82, 2.24) is 14.9 Å². The van der Waals surface area contributed by atoms with Crippen molar-refractivity contribution < 1.29 is 4.52 Å². The molecule has 0 saturated carbocycles. The molecule has 0 bridgehead atoms. The van der Waals surface area contributed by atoms with Gasteiger partial charge >= 0.3 is 0 Å². The Morgan fingerprint density at radius 1 is 1.47 bits per heavy atom. The minimum atomic E-state index is 0.356. The second-order valence-electron chi connectivity index (χ2n) is 3.74. The third kappa shape index (κ3) is 2.55. The molecule has 5 nitrogen and oxygen atoms in total. The van der Waals surface area contributed by atoms with Crippen LogP contribution < -0.4 is 5.73 Å². The van der Waals surface area contributed by atoms with Gasteiger partial charge in [0.05, 0.1) is 30.5 Å². The number of nitrogens with zero attached hydrogens (tertiary/aromatic N) is 3. The van der Waals surface area contributed by atoms with Crippen molar-refractivity contribution in [3.8, 4) is 11.8 Å². The molecule has 0 atom stereocenters. The predicted octanol–water partition coefficient (Wildman–Crippen LogP) is 0.846. The van der Waals surface area contributed by atoms with Crippen molar-refractivity contribution in [3.63, 3.8) is 0 Å². The Kier molecular flexibility index (Phi) is 3.26. The molecule has 5 heteroatoms. The van der Waals surface area contributed by atoms with Gasteiger partial charge in [-0.15, -0.1) is 0 Å². The first kappa shape index (κ1) is 11.4. The number of aryl methyl sites for hydroxylation is 2. The number of nitrogens with two attached hydrogens (primary N) is 1. The normalized spacial score (nSPS) is 10.1. The molecule has 17 heavy (non-hydrogen) atoms. The van der Waals surface area contributed by atoms with E-state index in [1.54, 1.807) is 6.20 Å². The minimum Gasteiger partial charge on any atom is -0.361 e. The molecule has 2 aromatic rings. The van der Waals surface area contributed by atoms with Crippen LogP contribution >= 0.6 is 0 Å². The Bertz CT molecular complexity index is 551. The fourth-order valence-electron chi connectivity index (χ4n) is 1.56. The van der Waals surface area contributed by atoms with Gasteiger partial charge in [0.1, 0.15) is 5.76 Å². The summed E-state index contributed by atoms with van der Waals surface area (Å²) in [6.45, 7) is 4.82. The molecular formula is C12H14N4O. The highest BCUT2D eigenvalue weighted by molar-refractivity contribution is 5.30. The number of hydrogen-bond donors (Lipinski definition) is 1. The molecule has 0 radical (unpaired) electrons. The van der Waals surface area contributed by atoms with Gasteiger partial charge in [-0.05, 0) is 13.8 Å². The Morgan fingerprint density at radius 2 is 2.29 bits per heavy atom. The summed E-state index contributed by atoms with van der Waals surface area (Å²) in [6.07, 6.45) is 3.61. The maximum Gasteiger partial charge on any atom is 0.138 e. The Morgan fingerprint density at radius 3 is 2.94 bits per heavy atom. The molecule has 0 fully saturated rings. The molecule has 0 spiro atoms. The summed E-state index contributed by atoms with van der Waals surface area (Å²) in [4.78, 5) is 0. The monoisotopic (exact) mass is 230 g/mol. The Balaban J connectivity index is 2.17. The van der Waals surface area contributed by atoms with Crippen LogP contribution in [0.25, 0.3) is 0 Å². The first-order valence-electron chi connectivity index (χ1n) is 5.34. The molecule has 0 aliphatic rings. The van der Waals surface area contributed by atoms with Crippen LogP contribution in [0.3, 0.4) is 0 Å².